The van der Waals surface area contributed by atoms with Gasteiger partial charge in [-0.1, -0.05) is 39.1 Å². The summed E-state index contributed by atoms with van der Waals surface area (Å²) in [7, 11) is 1.99. The Bertz CT molecular complexity index is 1270. The van der Waals surface area contributed by atoms with E-state index in [-0.39, 0.29) is 5.41 Å². The summed E-state index contributed by atoms with van der Waals surface area (Å²) in [6, 6.07) is 19.5. The Kier molecular flexibility index (Phi) is 5.64. The molecule has 0 bridgehead atoms. The van der Waals surface area contributed by atoms with Crippen LogP contribution in [0, 0.1) is 0 Å². The maximum Gasteiger partial charge on any atom is 0.335 e. The molecule has 0 heterocycles. The van der Waals surface area contributed by atoms with E-state index in [0.717, 1.165) is 34.7 Å². The van der Waals surface area contributed by atoms with Crippen LogP contribution in [-0.4, -0.2) is 19.0 Å². The van der Waals surface area contributed by atoms with Gasteiger partial charge in [0.15, 0.2) is 0 Å². The van der Waals surface area contributed by atoms with E-state index >= 15 is 0 Å². The van der Waals surface area contributed by atoms with Crippen molar-refractivity contribution >= 4 is 23.3 Å². The van der Waals surface area contributed by atoms with Crippen molar-refractivity contribution in [1.29, 1.82) is 0 Å². The van der Waals surface area contributed by atoms with Crippen molar-refractivity contribution in [3.63, 3.8) is 0 Å². The van der Waals surface area contributed by atoms with Crippen molar-refractivity contribution in [1.82, 2.24) is 0 Å². The number of rotatable bonds is 6. The first-order valence-electron chi connectivity index (χ1n) is 10.6. The highest BCUT2D eigenvalue weighted by atomic mass is 16.5. The van der Waals surface area contributed by atoms with Crippen LogP contribution in [0.25, 0.3) is 11.1 Å². The number of carbonyl (C=O) groups is 2. The molecule has 0 unspecified atom stereocenters. The third-order valence-electron chi connectivity index (χ3n) is 6.01. The predicted octanol–water partition coefficient (Wildman–Crippen LogP) is 5.94. The molecule has 3 aromatic carbocycles. The van der Waals surface area contributed by atoms with Gasteiger partial charge in [-0.15, -0.1) is 0 Å². The Morgan fingerprint density at radius 3 is 1.85 bits per heavy atom. The minimum atomic E-state index is -0.487. The van der Waals surface area contributed by atoms with Crippen LogP contribution >= 0.6 is 0 Å². The fourth-order valence-corrected chi connectivity index (χ4v) is 4.18. The van der Waals surface area contributed by atoms with Crippen molar-refractivity contribution in [3.05, 3.63) is 97.1 Å². The summed E-state index contributed by atoms with van der Waals surface area (Å²) in [5.41, 5.74) is 6.34. The van der Waals surface area contributed by atoms with Gasteiger partial charge in [-0.2, -0.15) is 0 Å². The van der Waals surface area contributed by atoms with E-state index in [0.29, 0.717) is 11.5 Å². The fourth-order valence-electron chi connectivity index (χ4n) is 4.18. The van der Waals surface area contributed by atoms with E-state index in [4.69, 9.17) is 9.47 Å². The quantitative estimate of drug-likeness (QED) is 0.270. The van der Waals surface area contributed by atoms with Crippen LogP contribution in [0.4, 0.5) is 11.4 Å². The molecule has 1 aliphatic carbocycles. The number of hydrogen-bond acceptors (Lipinski definition) is 5. The Morgan fingerprint density at radius 2 is 1.24 bits per heavy atom. The molecule has 0 spiro atoms. The first-order chi connectivity index (χ1) is 15.7. The van der Waals surface area contributed by atoms with Gasteiger partial charge in [0.25, 0.3) is 0 Å². The molecule has 5 nitrogen and oxygen atoms in total. The van der Waals surface area contributed by atoms with Gasteiger partial charge < -0.3 is 14.4 Å². The SMILES string of the molecule is C=CC(=O)Oc1ccc(N(C)c2ccc3c(c2)C(C)(C)c2cc(OC(=O)C=C)ccc2-3)cc1. The summed E-state index contributed by atoms with van der Waals surface area (Å²) < 4.78 is 10.5. The zero-order valence-corrected chi connectivity index (χ0v) is 18.9. The van der Waals surface area contributed by atoms with Gasteiger partial charge in [-0.25, -0.2) is 9.59 Å². The molecule has 5 heteroatoms. The smallest absolute Gasteiger partial charge is 0.335 e. The normalized spacial score (nSPS) is 12.8. The average Bonchev–Trinajstić information content (AvgIpc) is 3.05. The number of benzene rings is 3. The molecule has 3 aromatic rings. The Balaban J connectivity index is 1.64. The van der Waals surface area contributed by atoms with Gasteiger partial charge in [0, 0.05) is 36.0 Å². The molecule has 0 radical (unpaired) electrons. The molecule has 166 valence electrons. The van der Waals surface area contributed by atoms with Crippen LogP contribution in [0.3, 0.4) is 0 Å². The number of carbonyl (C=O) groups excluding carboxylic acids is 2. The van der Waals surface area contributed by atoms with Crippen LogP contribution in [0.2, 0.25) is 0 Å². The predicted molar refractivity (Wildman–Crippen MR) is 130 cm³/mol. The third-order valence-corrected chi connectivity index (χ3v) is 6.01. The van der Waals surface area contributed by atoms with Crippen molar-refractivity contribution < 1.29 is 19.1 Å². The van der Waals surface area contributed by atoms with Gasteiger partial charge in [-0.3, -0.25) is 0 Å². The van der Waals surface area contributed by atoms with E-state index in [1.54, 1.807) is 12.1 Å². The van der Waals surface area contributed by atoms with Gasteiger partial charge in [-0.05, 0) is 70.8 Å². The molecule has 1 aliphatic rings. The monoisotopic (exact) mass is 439 g/mol. The standard InChI is InChI=1S/C28H25NO4/c1-6-26(30)32-20-11-8-18(9-12-20)29(5)19-10-14-22-23-15-13-21(33-27(31)7-2)17-25(23)28(3,4)24(22)16-19/h6-17H,1-2H2,3-5H3. The topological polar surface area (TPSA) is 55.8 Å². The maximum atomic E-state index is 11.6. The maximum absolute atomic E-state index is 11.6. The van der Waals surface area contributed by atoms with Crippen LogP contribution < -0.4 is 14.4 Å². The summed E-state index contributed by atoms with van der Waals surface area (Å²) in [5.74, 6) is 0.0149. The van der Waals surface area contributed by atoms with E-state index in [1.807, 2.05) is 37.4 Å². The van der Waals surface area contributed by atoms with E-state index in [2.05, 4.69) is 50.1 Å². The molecule has 4 rings (SSSR count). The number of fused-ring (bicyclic) bond motifs is 3. The second-order valence-corrected chi connectivity index (χ2v) is 8.37. The molecule has 0 N–H and O–H groups in total. The molecule has 0 saturated carbocycles. The number of hydrogen-bond donors (Lipinski definition) is 0. The van der Waals surface area contributed by atoms with Crippen LogP contribution in [0.15, 0.2) is 86.0 Å². The second-order valence-electron chi connectivity index (χ2n) is 8.37. The fraction of sp³-hybridized carbons (Fsp3) is 0.143. The van der Waals surface area contributed by atoms with Gasteiger partial charge in [0.1, 0.15) is 11.5 Å². The summed E-state index contributed by atoms with van der Waals surface area (Å²) in [5, 5.41) is 0. The summed E-state index contributed by atoms with van der Waals surface area (Å²) in [6.45, 7) is 11.2. The van der Waals surface area contributed by atoms with Crippen molar-refractivity contribution in [2.75, 3.05) is 11.9 Å². The molecular formula is C28H25NO4. The molecule has 0 atom stereocenters. The second kappa shape index (κ2) is 8.43. The number of nitrogens with zero attached hydrogens (tertiary/aromatic N) is 1. The summed E-state index contributed by atoms with van der Waals surface area (Å²) in [6.07, 6.45) is 2.29. The molecule has 0 saturated heterocycles. The van der Waals surface area contributed by atoms with Gasteiger partial charge >= 0.3 is 11.9 Å². The Labute approximate surface area is 193 Å². The summed E-state index contributed by atoms with van der Waals surface area (Å²) >= 11 is 0. The number of ether oxygens (including phenoxy) is 2. The van der Waals surface area contributed by atoms with Crippen molar-refractivity contribution in [2.45, 2.75) is 19.3 Å². The summed E-state index contributed by atoms with van der Waals surface area (Å²) in [4.78, 5) is 25.1. The van der Waals surface area contributed by atoms with Gasteiger partial charge in [0.05, 0.1) is 0 Å². The first kappa shape index (κ1) is 22.1. The Morgan fingerprint density at radius 1 is 0.758 bits per heavy atom. The van der Waals surface area contributed by atoms with E-state index in [9.17, 15) is 9.59 Å². The zero-order valence-electron chi connectivity index (χ0n) is 18.9. The van der Waals surface area contributed by atoms with Crippen LogP contribution in [0.5, 0.6) is 11.5 Å². The average molecular weight is 440 g/mol. The van der Waals surface area contributed by atoms with Crippen molar-refractivity contribution in [3.8, 4) is 22.6 Å². The van der Waals surface area contributed by atoms with Gasteiger partial charge in [0.2, 0.25) is 0 Å². The molecule has 33 heavy (non-hydrogen) atoms. The van der Waals surface area contributed by atoms with Crippen LogP contribution in [-0.2, 0) is 15.0 Å². The highest BCUT2D eigenvalue weighted by molar-refractivity contribution is 5.86. The molecule has 0 aromatic heterocycles. The highest BCUT2D eigenvalue weighted by Crippen LogP contribution is 2.50. The minimum absolute atomic E-state index is 0.263. The Hall–Kier alpha value is -4.12. The number of anilines is 2. The highest BCUT2D eigenvalue weighted by Gasteiger charge is 2.36. The molecule has 0 fully saturated rings. The largest absolute Gasteiger partial charge is 0.423 e. The lowest BCUT2D eigenvalue weighted by Gasteiger charge is -2.25. The minimum Gasteiger partial charge on any atom is -0.423 e. The lowest BCUT2D eigenvalue weighted by molar-refractivity contribution is -0.129. The van der Waals surface area contributed by atoms with E-state index < -0.39 is 11.9 Å². The molecular weight excluding hydrogens is 414 g/mol. The first-order valence-corrected chi connectivity index (χ1v) is 10.6. The molecule has 0 aliphatic heterocycles. The number of esters is 2. The van der Waals surface area contributed by atoms with E-state index in [1.165, 1.54) is 11.1 Å². The lowest BCUT2D eigenvalue weighted by atomic mass is 9.82. The third kappa shape index (κ3) is 4.05. The zero-order chi connectivity index (χ0) is 23.8. The van der Waals surface area contributed by atoms with Crippen molar-refractivity contribution in [2.24, 2.45) is 0 Å². The molecule has 0 amide bonds. The lowest BCUT2D eigenvalue weighted by Crippen LogP contribution is -2.17. The van der Waals surface area contributed by atoms with Crippen LogP contribution in [0.1, 0.15) is 25.0 Å².